The number of aliphatic hydroxyl groups excluding tert-OH is 1. The van der Waals surface area contributed by atoms with Crippen molar-refractivity contribution in [2.45, 2.75) is 32.3 Å². The Balaban J connectivity index is 3.36. The van der Waals surface area contributed by atoms with E-state index in [4.69, 9.17) is 10.2 Å². The maximum atomic E-state index is 10.1. The normalized spacial score (nSPS) is 13.6. The quantitative estimate of drug-likeness (QED) is 0.590. The van der Waals surface area contributed by atoms with Gasteiger partial charge in [0.2, 0.25) is 0 Å². The molecule has 0 aromatic heterocycles. The van der Waals surface area contributed by atoms with Gasteiger partial charge >= 0.3 is 5.97 Å². The Hall–Kier alpha value is -0.830. The topological polar surface area (TPSA) is 57.5 Å². The van der Waals surface area contributed by atoms with Crippen LogP contribution >= 0.6 is 0 Å². The van der Waals surface area contributed by atoms with Gasteiger partial charge < -0.3 is 10.2 Å². The molecule has 0 spiro atoms. The predicted molar refractivity (Wildman–Crippen MR) is 42.3 cm³/mol. The molecule has 3 nitrogen and oxygen atoms in total. The van der Waals surface area contributed by atoms with E-state index in [0.29, 0.717) is 6.42 Å². The highest BCUT2D eigenvalue weighted by Gasteiger charge is 2.07. The monoisotopic (exact) mass is 158 g/mol. The van der Waals surface area contributed by atoms with Gasteiger partial charge in [0.25, 0.3) is 0 Å². The first kappa shape index (κ1) is 10.2. The number of allylic oxidation sites excluding steroid dienone is 2. The third kappa shape index (κ3) is 7.06. The second-order valence-corrected chi connectivity index (χ2v) is 2.40. The standard InChI is InChI=1S/C8H14O3/c1-2-3-4-5-7(9)6-8(10)11/h2-3,7,9H,4-6H2,1H3,(H,10,11)/b3-2-/t7-/m1/s1. The van der Waals surface area contributed by atoms with Gasteiger partial charge in [-0.2, -0.15) is 0 Å². The van der Waals surface area contributed by atoms with Gasteiger partial charge in [-0.15, -0.1) is 0 Å². The highest BCUT2D eigenvalue weighted by Crippen LogP contribution is 2.01. The molecule has 0 fully saturated rings. The smallest absolute Gasteiger partial charge is 0.305 e. The van der Waals surface area contributed by atoms with Crippen LogP contribution in [0.3, 0.4) is 0 Å². The van der Waals surface area contributed by atoms with Crippen molar-refractivity contribution in [1.29, 1.82) is 0 Å². The third-order valence-corrected chi connectivity index (χ3v) is 1.31. The van der Waals surface area contributed by atoms with E-state index in [1.165, 1.54) is 0 Å². The maximum Gasteiger partial charge on any atom is 0.305 e. The van der Waals surface area contributed by atoms with E-state index >= 15 is 0 Å². The second kappa shape index (κ2) is 5.92. The summed E-state index contributed by atoms with van der Waals surface area (Å²) < 4.78 is 0. The van der Waals surface area contributed by atoms with Crippen LogP contribution in [-0.4, -0.2) is 22.3 Å². The molecule has 3 heteroatoms. The Kier molecular flexibility index (Phi) is 5.47. The lowest BCUT2D eigenvalue weighted by molar-refractivity contribution is -0.139. The zero-order valence-corrected chi connectivity index (χ0v) is 6.66. The first-order chi connectivity index (χ1) is 5.16. The fourth-order valence-corrected chi connectivity index (χ4v) is 0.759. The molecule has 0 saturated heterocycles. The van der Waals surface area contributed by atoms with Crippen molar-refractivity contribution in [2.24, 2.45) is 0 Å². The Morgan fingerprint density at radius 2 is 2.27 bits per heavy atom. The molecular weight excluding hydrogens is 144 g/mol. The molecule has 0 aromatic carbocycles. The van der Waals surface area contributed by atoms with Crippen molar-refractivity contribution < 1.29 is 15.0 Å². The highest BCUT2D eigenvalue weighted by molar-refractivity contribution is 5.67. The predicted octanol–water partition coefficient (Wildman–Crippen LogP) is 1.18. The molecule has 2 N–H and O–H groups in total. The number of carboxylic acid groups (broad SMARTS) is 1. The first-order valence-electron chi connectivity index (χ1n) is 3.67. The van der Waals surface area contributed by atoms with Crippen molar-refractivity contribution in [3.05, 3.63) is 12.2 Å². The molecule has 0 saturated carbocycles. The number of carbonyl (C=O) groups is 1. The summed E-state index contributed by atoms with van der Waals surface area (Å²) in [6.45, 7) is 1.89. The minimum atomic E-state index is -0.946. The van der Waals surface area contributed by atoms with Crippen molar-refractivity contribution in [1.82, 2.24) is 0 Å². The second-order valence-electron chi connectivity index (χ2n) is 2.40. The largest absolute Gasteiger partial charge is 0.481 e. The molecule has 11 heavy (non-hydrogen) atoms. The van der Waals surface area contributed by atoms with Crippen LogP contribution in [0.2, 0.25) is 0 Å². The Morgan fingerprint density at radius 1 is 1.64 bits per heavy atom. The minimum Gasteiger partial charge on any atom is -0.481 e. The van der Waals surface area contributed by atoms with Gasteiger partial charge in [-0.1, -0.05) is 12.2 Å². The van der Waals surface area contributed by atoms with Crippen molar-refractivity contribution in [2.75, 3.05) is 0 Å². The van der Waals surface area contributed by atoms with Crippen molar-refractivity contribution >= 4 is 5.97 Å². The number of hydrogen-bond acceptors (Lipinski definition) is 2. The van der Waals surface area contributed by atoms with Gasteiger partial charge in [-0.25, -0.2) is 0 Å². The Morgan fingerprint density at radius 3 is 2.73 bits per heavy atom. The van der Waals surface area contributed by atoms with Crippen LogP contribution < -0.4 is 0 Å². The SMILES string of the molecule is C/C=C\CC[C@@H](O)CC(=O)O. The van der Waals surface area contributed by atoms with Gasteiger partial charge in [0.15, 0.2) is 0 Å². The summed E-state index contributed by atoms with van der Waals surface area (Å²) in [5.74, 6) is -0.946. The van der Waals surface area contributed by atoms with Crippen LogP contribution in [0.25, 0.3) is 0 Å². The summed E-state index contributed by atoms with van der Waals surface area (Å²) in [4.78, 5) is 10.1. The number of aliphatic carboxylic acids is 1. The van der Waals surface area contributed by atoms with Crippen LogP contribution in [0.4, 0.5) is 0 Å². The van der Waals surface area contributed by atoms with E-state index in [2.05, 4.69) is 0 Å². The fraction of sp³-hybridized carbons (Fsp3) is 0.625. The van der Waals surface area contributed by atoms with Gasteiger partial charge in [0, 0.05) is 0 Å². The number of carboxylic acids is 1. The van der Waals surface area contributed by atoms with E-state index in [-0.39, 0.29) is 6.42 Å². The van der Waals surface area contributed by atoms with Gasteiger partial charge in [-0.3, -0.25) is 4.79 Å². The van der Waals surface area contributed by atoms with Crippen molar-refractivity contribution in [3.8, 4) is 0 Å². The molecule has 0 rings (SSSR count). The lowest BCUT2D eigenvalue weighted by Crippen LogP contribution is -2.11. The van der Waals surface area contributed by atoms with Crippen molar-refractivity contribution in [3.63, 3.8) is 0 Å². The highest BCUT2D eigenvalue weighted by atomic mass is 16.4. The summed E-state index contributed by atoms with van der Waals surface area (Å²) >= 11 is 0. The van der Waals surface area contributed by atoms with Crippen LogP contribution in [-0.2, 0) is 4.79 Å². The molecular formula is C8H14O3. The summed E-state index contributed by atoms with van der Waals surface area (Å²) in [5.41, 5.74) is 0. The van der Waals surface area contributed by atoms with E-state index in [1.54, 1.807) is 0 Å². The maximum absolute atomic E-state index is 10.1. The molecule has 0 radical (unpaired) electrons. The summed E-state index contributed by atoms with van der Waals surface area (Å²) in [7, 11) is 0. The summed E-state index contributed by atoms with van der Waals surface area (Å²) in [5, 5.41) is 17.3. The lowest BCUT2D eigenvalue weighted by Gasteiger charge is -2.03. The summed E-state index contributed by atoms with van der Waals surface area (Å²) in [6.07, 6.45) is 4.20. The summed E-state index contributed by atoms with van der Waals surface area (Å²) in [6, 6.07) is 0. The van der Waals surface area contributed by atoms with Gasteiger partial charge in [0.05, 0.1) is 12.5 Å². The van der Waals surface area contributed by atoms with Crippen LogP contribution in [0.15, 0.2) is 12.2 Å². The average Bonchev–Trinajstić information content (AvgIpc) is 1.86. The number of aliphatic hydroxyl groups is 1. The molecule has 0 aliphatic carbocycles. The molecule has 0 bridgehead atoms. The molecule has 0 aromatic rings. The zero-order valence-electron chi connectivity index (χ0n) is 6.66. The molecule has 0 amide bonds. The minimum absolute atomic E-state index is 0.155. The van der Waals surface area contributed by atoms with E-state index in [0.717, 1.165) is 6.42 Å². The Labute approximate surface area is 66.4 Å². The van der Waals surface area contributed by atoms with E-state index in [9.17, 15) is 4.79 Å². The molecule has 0 unspecified atom stereocenters. The lowest BCUT2D eigenvalue weighted by atomic mass is 10.1. The first-order valence-corrected chi connectivity index (χ1v) is 3.67. The van der Waals surface area contributed by atoms with Crippen LogP contribution in [0.5, 0.6) is 0 Å². The van der Waals surface area contributed by atoms with E-state index in [1.807, 2.05) is 19.1 Å². The third-order valence-electron chi connectivity index (χ3n) is 1.31. The molecule has 64 valence electrons. The average molecular weight is 158 g/mol. The zero-order chi connectivity index (χ0) is 8.69. The molecule has 0 aliphatic rings. The fourth-order valence-electron chi connectivity index (χ4n) is 0.759. The van der Waals surface area contributed by atoms with E-state index < -0.39 is 12.1 Å². The van der Waals surface area contributed by atoms with Crippen LogP contribution in [0.1, 0.15) is 26.2 Å². The molecule has 0 heterocycles. The van der Waals surface area contributed by atoms with Gasteiger partial charge in [0.1, 0.15) is 0 Å². The molecule has 1 atom stereocenters. The number of rotatable bonds is 5. The van der Waals surface area contributed by atoms with Gasteiger partial charge in [-0.05, 0) is 19.8 Å². The molecule has 0 aliphatic heterocycles. The Bertz CT molecular complexity index is 140. The number of hydrogen-bond donors (Lipinski definition) is 2. The van der Waals surface area contributed by atoms with Crippen LogP contribution in [0, 0.1) is 0 Å².